The van der Waals surface area contributed by atoms with Crippen molar-refractivity contribution < 1.29 is 14.7 Å². The number of aliphatic carboxylic acids is 1. The summed E-state index contributed by atoms with van der Waals surface area (Å²) in [4.78, 5) is 30.8. The molecule has 0 spiro atoms. The number of nitrogens with zero attached hydrogens (tertiary/aromatic N) is 2. The van der Waals surface area contributed by atoms with Crippen molar-refractivity contribution in [1.29, 1.82) is 0 Å². The number of anilines is 1. The molecule has 6 nitrogen and oxygen atoms in total. The average molecular weight is 718 g/mol. The summed E-state index contributed by atoms with van der Waals surface area (Å²) in [6, 6.07) is 29.6. The van der Waals surface area contributed by atoms with Gasteiger partial charge < -0.3 is 15.3 Å². The molecule has 276 valence electrons. The highest BCUT2D eigenvalue weighted by molar-refractivity contribution is 5.95. The van der Waals surface area contributed by atoms with Gasteiger partial charge in [-0.05, 0) is 87.8 Å². The Labute approximate surface area is 319 Å². The lowest BCUT2D eigenvalue weighted by Gasteiger charge is -2.30. The molecular formula is C48H51N3O3. The molecule has 54 heavy (non-hydrogen) atoms. The van der Waals surface area contributed by atoms with Crippen LogP contribution in [0.4, 0.5) is 5.69 Å². The summed E-state index contributed by atoms with van der Waals surface area (Å²) < 4.78 is 0. The number of benzene rings is 4. The zero-order chi connectivity index (χ0) is 38.6. The van der Waals surface area contributed by atoms with Crippen LogP contribution in [0.2, 0.25) is 0 Å². The molecule has 2 N–H and O–H groups in total. The fourth-order valence-electron chi connectivity index (χ4n) is 7.94. The van der Waals surface area contributed by atoms with Crippen LogP contribution in [0.25, 0.3) is 27.1 Å². The van der Waals surface area contributed by atoms with Crippen LogP contribution in [0.15, 0.2) is 133 Å². The lowest BCUT2D eigenvalue weighted by atomic mass is 9.74. The molecule has 0 fully saturated rings. The number of amides is 1. The van der Waals surface area contributed by atoms with E-state index in [0.29, 0.717) is 18.5 Å². The van der Waals surface area contributed by atoms with Gasteiger partial charge >= 0.3 is 5.97 Å². The normalized spacial score (nSPS) is 15.0. The number of carboxylic acids is 1. The Morgan fingerprint density at radius 1 is 0.889 bits per heavy atom. The Balaban J connectivity index is 1.33. The second kappa shape index (κ2) is 15.7. The molecule has 1 amide bonds. The van der Waals surface area contributed by atoms with Gasteiger partial charge in [-0.2, -0.15) is 0 Å². The van der Waals surface area contributed by atoms with E-state index >= 15 is 0 Å². The second-order valence-electron chi connectivity index (χ2n) is 15.4. The first-order valence-electron chi connectivity index (χ1n) is 18.8. The minimum atomic E-state index is -0.796. The summed E-state index contributed by atoms with van der Waals surface area (Å²) in [6.07, 6.45) is 12.3. The molecule has 4 aromatic carbocycles. The predicted octanol–water partition coefficient (Wildman–Crippen LogP) is 10.9. The number of aryl methyl sites for hydroxylation is 1. The number of fused-ring (bicyclic) bond motifs is 4. The minimum Gasteiger partial charge on any atom is -0.481 e. The number of unbranched alkanes of at least 4 members (excludes halogenated alkanes) is 2. The van der Waals surface area contributed by atoms with Crippen molar-refractivity contribution in [3.63, 3.8) is 0 Å². The van der Waals surface area contributed by atoms with Crippen LogP contribution in [-0.2, 0) is 15.6 Å². The number of aromatic nitrogens is 1. The quantitative estimate of drug-likeness (QED) is 0.0936. The molecule has 1 aliphatic heterocycles. The molecule has 5 aromatic rings. The highest BCUT2D eigenvalue weighted by atomic mass is 16.4. The van der Waals surface area contributed by atoms with Gasteiger partial charge in [0.05, 0.1) is 11.3 Å². The van der Waals surface area contributed by atoms with E-state index in [4.69, 9.17) is 10.1 Å². The lowest BCUT2D eigenvalue weighted by molar-refractivity contribution is -0.137. The number of carbonyl (C=O) groups excluding carboxylic acids is 1. The molecule has 0 saturated heterocycles. The maximum Gasteiger partial charge on any atom is 0.303 e. The molecule has 0 radical (unpaired) electrons. The molecule has 0 saturated carbocycles. The summed E-state index contributed by atoms with van der Waals surface area (Å²) in [5, 5.41) is 16.7. The van der Waals surface area contributed by atoms with Gasteiger partial charge in [0.15, 0.2) is 0 Å². The molecule has 0 aliphatic carbocycles. The number of likely N-dealkylation sites (N-methyl/N-ethyl adjacent to an activating group) is 1. The van der Waals surface area contributed by atoms with E-state index in [2.05, 4.69) is 156 Å². The van der Waals surface area contributed by atoms with Crippen LogP contribution < -0.4 is 10.2 Å². The molecule has 1 aliphatic rings. The van der Waals surface area contributed by atoms with Crippen molar-refractivity contribution in [2.75, 3.05) is 18.5 Å². The predicted molar refractivity (Wildman–Crippen MR) is 224 cm³/mol. The van der Waals surface area contributed by atoms with Gasteiger partial charge in [-0.1, -0.05) is 126 Å². The summed E-state index contributed by atoms with van der Waals surface area (Å²) in [6.45, 7) is 16.3. The lowest BCUT2D eigenvalue weighted by Crippen LogP contribution is -2.24. The highest BCUT2D eigenvalue weighted by Gasteiger charge is 2.39. The number of carboxylic acid groups (broad SMARTS) is 1. The number of carbonyl (C=O) groups is 2. The molecule has 0 unspecified atom stereocenters. The Morgan fingerprint density at radius 3 is 2.28 bits per heavy atom. The van der Waals surface area contributed by atoms with Crippen LogP contribution in [0.5, 0.6) is 0 Å². The molecule has 6 rings (SSSR count). The van der Waals surface area contributed by atoms with Gasteiger partial charge in [0.1, 0.15) is 0 Å². The van der Waals surface area contributed by atoms with Gasteiger partial charge in [-0.15, -0.1) is 0 Å². The van der Waals surface area contributed by atoms with E-state index in [1.807, 2.05) is 12.1 Å². The maximum atomic E-state index is 13.0. The number of rotatable bonds is 13. The molecular weight excluding hydrogens is 667 g/mol. The zero-order valence-electron chi connectivity index (χ0n) is 32.4. The minimum absolute atomic E-state index is 0.144. The first kappa shape index (κ1) is 38.0. The van der Waals surface area contributed by atoms with E-state index in [1.165, 1.54) is 49.6 Å². The smallest absolute Gasteiger partial charge is 0.303 e. The number of hydrogen-bond donors (Lipinski definition) is 2. The summed E-state index contributed by atoms with van der Waals surface area (Å²) in [5.41, 5.74) is 8.64. The van der Waals surface area contributed by atoms with Gasteiger partial charge in [0, 0.05) is 54.0 Å². The number of hydrogen-bond acceptors (Lipinski definition) is 4. The summed E-state index contributed by atoms with van der Waals surface area (Å²) in [5.74, 6) is -0.995. The van der Waals surface area contributed by atoms with Crippen LogP contribution in [0.3, 0.4) is 0 Å². The molecule has 2 heterocycles. The Kier molecular flexibility index (Phi) is 11.0. The standard InChI is InChI=1S/C48H51N3O3/c1-32-20-22-34-15-10-12-17-38(34)44(32)47(3,4)33(2)21-23-36(40-27-24-37(31-50-40)46(54)49-30-14-8-9-19-43(52)53)26-29-42-48(5,6)45-39-18-13-11-16-35(39)25-28-41(45)51(42)7/h10-13,15-18,20-29,31H,2,8-9,14,19,30H2,1,3-7H3,(H,49,54)(H,52,53)/b23-21+,36-26-,42-29+. The third-order valence-corrected chi connectivity index (χ3v) is 11.0. The van der Waals surface area contributed by atoms with Crippen molar-refractivity contribution in [1.82, 2.24) is 10.3 Å². The van der Waals surface area contributed by atoms with Gasteiger partial charge in [-0.3, -0.25) is 14.6 Å². The fraction of sp³-hybridized carbons (Fsp3) is 0.271. The number of allylic oxidation sites excluding steroid dienone is 7. The largest absolute Gasteiger partial charge is 0.481 e. The van der Waals surface area contributed by atoms with Crippen molar-refractivity contribution in [2.45, 2.75) is 71.1 Å². The van der Waals surface area contributed by atoms with Crippen LogP contribution in [0.1, 0.15) is 86.1 Å². The Hall–Kier alpha value is -5.75. The van der Waals surface area contributed by atoms with E-state index < -0.39 is 5.97 Å². The van der Waals surface area contributed by atoms with Gasteiger partial charge in [0.2, 0.25) is 0 Å². The topological polar surface area (TPSA) is 82.5 Å². The highest BCUT2D eigenvalue weighted by Crippen LogP contribution is 2.50. The van der Waals surface area contributed by atoms with Crippen molar-refractivity contribution in [3.05, 3.63) is 161 Å². The summed E-state index contributed by atoms with van der Waals surface area (Å²) >= 11 is 0. The van der Waals surface area contributed by atoms with Crippen molar-refractivity contribution >= 4 is 44.7 Å². The first-order chi connectivity index (χ1) is 25.8. The van der Waals surface area contributed by atoms with Crippen LogP contribution >= 0.6 is 0 Å². The molecule has 6 heteroatoms. The molecule has 1 aromatic heterocycles. The zero-order valence-corrected chi connectivity index (χ0v) is 32.4. The van der Waals surface area contributed by atoms with Crippen LogP contribution in [-0.4, -0.2) is 35.6 Å². The van der Waals surface area contributed by atoms with E-state index in [1.54, 1.807) is 6.20 Å². The fourth-order valence-corrected chi connectivity index (χ4v) is 7.94. The van der Waals surface area contributed by atoms with Gasteiger partial charge in [0.25, 0.3) is 5.91 Å². The second-order valence-corrected chi connectivity index (χ2v) is 15.4. The number of pyridine rings is 1. The third-order valence-electron chi connectivity index (χ3n) is 11.0. The maximum absolute atomic E-state index is 13.0. The molecule has 0 bridgehead atoms. The SMILES string of the molecule is C=C(/C=C/C(=C/C=C1/N(C)c2ccc3ccccc3c2C1(C)C)c1ccc(C(=O)NCCCCCC(=O)O)cn1)C(C)(C)c1c(C)ccc2ccccc12. The Bertz CT molecular complexity index is 2330. The average Bonchev–Trinajstić information content (AvgIpc) is 3.36. The van der Waals surface area contributed by atoms with Crippen molar-refractivity contribution in [2.24, 2.45) is 0 Å². The van der Waals surface area contributed by atoms with Gasteiger partial charge in [-0.25, -0.2) is 0 Å². The monoisotopic (exact) mass is 717 g/mol. The third kappa shape index (κ3) is 7.65. The van der Waals surface area contributed by atoms with E-state index in [0.717, 1.165) is 29.7 Å². The first-order valence-corrected chi connectivity index (χ1v) is 18.8. The van der Waals surface area contributed by atoms with E-state index in [-0.39, 0.29) is 23.2 Å². The molecule has 0 atom stereocenters. The van der Waals surface area contributed by atoms with Crippen LogP contribution in [0, 0.1) is 6.92 Å². The van der Waals surface area contributed by atoms with Crippen molar-refractivity contribution in [3.8, 4) is 0 Å². The van der Waals surface area contributed by atoms with E-state index in [9.17, 15) is 9.59 Å². The summed E-state index contributed by atoms with van der Waals surface area (Å²) in [7, 11) is 2.13. The number of nitrogens with one attached hydrogen (secondary N) is 1. The Morgan fingerprint density at radius 2 is 1.57 bits per heavy atom.